The van der Waals surface area contributed by atoms with Gasteiger partial charge >= 0.3 is 0 Å². The maximum Gasteiger partial charge on any atom is 0.184 e. The first-order chi connectivity index (χ1) is 5.68. The van der Waals surface area contributed by atoms with E-state index in [-0.39, 0.29) is 0 Å². The van der Waals surface area contributed by atoms with E-state index in [1.54, 1.807) is 0 Å². The van der Waals surface area contributed by atoms with Gasteiger partial charge < -0.3 is 4.43 Å². The summed E-state index contributed by atoms with van der Waals surface area (Å²) in [4.78, 5) is 0. The topological polar surface area (TPSA) is 9.23 Å². The predicted octanol–water partition coefficient (Wildman–Crippen LogP) is 3.59. The molecule has 0 aromatic carbocycles. The summed E-state index contributed by atoms with van der Waals surface area (Å²) in [6.07, 6.45) is 0.372. The molecule has 0 heterocycles. The SMILES string of the molecule is C=C[Si](C)(C)C[Si](C)(C)OC(C)C. The fraction of sp³-hybridized carbons (Fsp3) is 0.800. The molecule has 0 unspecified atom stereocenters. The van der Waals surface area contributed by atoms with Crippen molar-refractivity contribution >= 4 is 16.4 Å². The molecule has 78 valence electrons. The first-order valence-electron chi connectivity index (χ1n) is 5.00. The zero-order valence-electron chi connectivity index (χ0n) is 9.98. The van der Waals surface area contributed by atoms with Crippen molar-refractivity contribution in [2.75, 3.05) is 0 Å². The highest BCUT2D eigenvalue weighted by atomic mass is 28.4. The zero-order chi connectivity index (χ0) is 10.7. The molecule has 0 rings (SSSR count). The van der Waals surface area contributed by atoms with Gasteiger partial charge in [0.1, 0.15) is 0 Å². The summed E-state index contributed by atoms with van der Waals surface area (Å²) in [6, 6.07) is 0. The van der Waals surface area contributed by atoms with Gasteiger partial charge in [-0.25, -0.2) is 0 Å². The molecule has 0 N–H and O–H groups in total. The van der Waals surface area contributed by atoms with E-state index in [0.29, 0.717) is 6.10 Å². The molecule has 0 aromatic rings. The Labute approximate surface area is 85.3 Å². The van der Waals surface area contributed by atoms with Crippen molar-refractivity contribution in [1.29, 1.82) is 0 Å². The molecular weight excluding hydrogens is 192 g/mol. The second kappa shape index (κ2) is 4.57. The summed E-state index contributed by atoms with van der Waals surface area (Å²) in [5.41, 5.74) is 3.45. The largest absolute Gasteiger partial charge is 0.415 e. The molecule has 3 heteroatoms. The second-order valence-electron chi connectivity index (χ2n) is 5.30. The van der Waals surface area contributed by atoms with Crippen LogP contribution < -0.4 is 0 Å². The van der Waals surface area contributed by atoms with Crippen LogP contribution in [-0.4, -0.2) is 22.5 Å². The minimum atomic E-state index is -1.43. The highest BCUT2D eigenvalue weighted by molar-refractivity contribution is 6.95. The zero-order valence-corrected chi connectivity index (χ0v) is 12.0. The molecule has 13 heavy (non-hydrogen) atoms. The quantitative estimate of drug-likeness (QED) is 0.638. The maximum atomic E-state index is 6.00. The Morgan fingerprint density at radius 2 is 1.69 bits per heavy atom. The van der Waals surface area contributed by atoms with E-state index in [1.165, 1.54) is 5.67 Å². The van der Waals surface area contributed by atoms with E-state index in [1.807, 2.05) is 0 Å². The maximum absolute atomic E-state index is 6.00. The van der Waals surface area contributed by atoms with Crippen molar-refractivity contribution in [3.8, 4) is 0 Å². The fourth-order valence-electron chi connectivity index (χ4n) is 1.85. The Hall–Kier alpha value is 0.134. The summed E-state index contributed by atoms with van der Waals surface area (Å²) in [5.74, 6) is 0. The molecule has 0 fully saturated rings. The number of hydrogen-bond acceptors (Lipinski definition) is 1. The summed E-state index contributed by atoms with van der Waals surface area (Å²) >= 11 is 0. The molecule has 0 spiro atoms. The number of rotatable bonds is 5. The highest BCUT2D eigenvalue weighted by Gasteiger charge is 2.32. The van der Waals surface area contributed by atoms with Gasteiger partial charge in [-0.2, -0.15) is 0 Å². The van der Waals surface area contributed by atoms with E-state index in [0.717, 1.165) is 0 Å². The lowest BCUT2D eigenvalue weighted by Crippen LogP contribution is -2.42. The van der Waals surface area contributed by atoms with Gasteiger partial charge in [0, 0.05) is 6.10 Å². The van der Waals surface area contributed by atoms with Gasteiger partial charge in [0.25, 0.3) is 0 Å². The average molecular weight is 216 g/mol. The van der Waals surface area contributed by atoms with Crippen LogP contribution in [0, 0.1) is 0 Å². The monoisotopic (exact) mass is 216 g/mol. The van der Waals surface area contributed by atoms with E-state index in [4.69, 9.17) is 4.43 Å². The normalized spacial score (nSPS) is 13.5. The molecule has 0 radical (unpaired) electrons. The molecule has 0 aliphatic heterocycles. The van der Waals surface area contributed by atoms with Crippen LogP contribution in [0.2, 0.25) is 31.9 Å². The highest BCUT2D eigenvalue weighted by Crippen LogP contribution is 2.22. The van der Waals surface area contributed by atoms with Crippen LogP contribution in [0.15, 0.2) is 12.3 Å². The van der Waals surface area contributed by atoms with Crippen LogP contribution in [0.3, 0.4) is 0 Å². The summed E-state index contributed by atoms with van der Waals surface area (Å²) < 4.78 is 6.00. The summed E-state index contributed by atoms with van der Waals surface area (Å²) in [7, 11) is -2.61. The molecule has 0 atom stereocenters. The van der Waals surface area contributed by atoms with Crippen LogP contribution in [0.1, 0.15) is 13.8 Å². The predicted molar refractivity (Wildman–Crippen MR) is 66.2 cm³/mol. The van der Waals surface area contributed by atoms with Gasteiger partial charge in [-0.3, -0.25) is 0 Å². The first kappa shape index (κ1) is 13.1. The fourth-order valence-corrected chi connectivity index (χ4v) is 12.8. The Morgan fingerprint density at radius 1 is 1.23 bits per heavy atom. The van der Waals surface area contributed by atoms with E-state index < -0.39 is 16.4 Å². The molecule has 0 aliphatic carbocycles. The minimum Gasteiger partial charge on any atom is -0.415 e. The van der Waals surface area contributed by atoms with Crippen molar-refractivity contribution in [1.82, 2.24) is 0 Å². The molecular formula is C10H24OSi2. The van der Waals surface area contributed by atoms with Crippen LogP contribution in [0.5, 0.6) is 0 Å². The van der Waals surface area contributed by atoms with Gasteiger partial charge in [0.2, 0.25) is 0 Å². The lowest BCUT2D eigenvalue weighted by Gasteiger charge is -2.31. The Bertz CT molecular complexity index is 174. The average Bonchev–Trinajstić information content (AvgIpc) is 1.81. The number of hydrogen-bond donors (Lipinski definition) is 0. The van der Waals surface area contributed by atoms with Crippen molar-refractivity contribution in [2.24, 2.45) is 0 Å². The third-order valence-corrected chi connectivity index (χ3v) is 11.3. The van der Waals surface area contributed by atoms with E-state index in [9.17, 15) is 0 Å². The van der Waals surface area contributed by atoms with Gasteiger partial charge in [0.15, 0.2) is 8.32 Å². The van der Waals surface area contributed by atoms with Crippen molar-refractivity contribution < 1.29 is 4.43 Å². The van der Waals surface area contributed by atoms with Gasteiger partial charge in [-0.05, 0) is 32.6 Å². The Balaban J connectivity index is 4.23. The van der Waals surface area contributed by atoms with Crippen molar-refractivity contribution in [3.63, 3.8) is 0 Å². The van der Waals surface area contributed by atoms with Crippen LogP contribution in [-0.2, 0) is 4.43 Å². The standard InChI is InChI=1S/C10H24OSi2/c1-8-12(4,5)9-13(6,7)11-10(2)3/h8,10H,1,9H2,2-7H3. The third kappa shape index (κ3) is 6.24. The summed E-state index contributed by atoms with van der Waals surface area (Å²) in [5, 5.41) is 0. The molecule has 0 aromatic heterocycles. The Kier molecular flexibility index (Phi) is 4.62. The van der Waals surface area contributed by atoms with E-state index >= 15 is 0 Å². The molecule has 1 nitrogen and oxygen atoms in total. The minimum absolute atomic E-state index is 0.372. The van der Waals surface area contributed by atoms with Crippen LogP contribution >= 0.6 is 0 Å². The molecule has 0 saturated carbocycles. The third-order valence-electron chi connectivity index (χ3n) is 1.99. The van der Waals surface area contributed by atoms with Gasteiger partial charge in [0.05, 0.1) is 8.07 Å². The van der Waals surface area contributed by atoms with Gasteiger partial charge in [-0.1, -0.05) is 13.1 Å². The second-order valence-corrected chi connectivity index (χ2v) is 14.9. The van der Waals surface area contributed by atoms with Crippen molar-refractivity contribution in [3.05, 3.63) is 12.3 Å². The van der Waals surface area contributed by atoms with Gasteiger partial charge in [-0.15, -0.1) is 12.3 Å². The molecule has 0 aliphatic rings. The Morgan fingerprint density at radius 3 is 2.00 bits per heavy atom. The molecule has 0 saturated heterocycles. The molecule has 0 amide bonds. The van der Waals surface area contributed by atoms with Crippen molar-refractivity contribution in [2.45, 2.75) is 51.8 Å². The van der Waals surface area contributed by atoms with Crippen LogP contribution in [0.25, 0.3) is 0 Å². The lowest BCUT2D eigenvalue weighted by molar-refractivity contribution is 0.233. The lowest BCUT2D eigenvalue weighted by atomic mass is 10.5. The summed E-state index contributed by atoms with van der Waals surface area (Å²) in [6.45, 7) is 17.5. The smallest absolute Gasteiger partial charge is 0.184 e. The molecule has 0 bridgehead atoms. The first-order valence-corrected chi connectivity index (χ1v) is 11.4. The van der Waals surface area contributed by atoms with E-state index in [2.05, 4.69) is 52.3 Å². The van der Waals surface area contributed by atoms with Crippen LogP contribution in [0.4, 0.5) is 0 Å².